The zero-order chi connectivity index (χ0) is 20.8. The van der Waals surface area contributed by atoms with Gasteiger partial charge in [-0.1, -0.05) is 6.07 Å². The first-order chi connectivity index (χ1) is 14.0. The van der Waals surface area contributed by atoms with Gasteiger partial charge in [0.2, 0.25) is 5.91 Å². The second-order valence-corrected chi connectivity index (χ2v) is 6.59. The highest BCUT2D eigenvalue weighted by atomic mass is 16.5. The molecule has 0 aliphatic carbocycles. The summed E-state index contributed by atoms with van der Waals surface area (Å²) in [5.74, 6) is 0.354. The Morgan fingerprint density at radius 2 is 1.86 bits per heavy atom. The van der Waals surface area contributed by atoms with Gasteiger partial charge in [-0.05, 0) is 29.8 Å². The number of benzene rings is 1. The molecule has 1 atom stereocenters. The van der Waals surface area contributed by atoms with Crippen molar-refractivity contribution in [1.29, 1.82) is 0 Å². The van der Waals surface area contributed by atoms with Crippen LogP contribution in [0.1, 0.15) is 12.0 Å². The van der Waals surface area contributed by atoms with E-state index < -0.39 is 18.0 Å². The molecule has 4 amide bonds. The SMILES string of the molecule is COc1ccc(CN2C(=O)N[C@H](CC(=O)NCCn3cccc3)C2=O)cc1OC. The number of amides is 4. The minimum atomic E-state index is -0.866. The van der Waals surface area contributed by atoms with Crippen molar-refractivity contribution >= 4 is 17.8 Å². The minimum absolute atomic E-state index is 0.0801. The van der Waals surface area contributed by atoms with E-state index in [0.29, 0.717) is 30.2 Å². The summed E-state index contributed by atoms with van der Waals surface area (Å²) in [6.45, 7) is 1.16. The van der Waals surface area contributed by atoms with Crippen LogP contribution in [0.2, 0.25) is 0 Å². The average molecular weight is 400 g/mol. The first kappa shape index (κ1) is 20.2. The zero-order valence-corrected chi connectivity index (χ0v) is 16.4. The summed E-state index contributed by atoms with van der Waals surface area (Å²) in [4.78, 5) is 38.0. The molecule has 154 valence electrons. The minimum Gasteiger partial charge on any atom is -0.493 e. The Morgan fingerprint density at radius 1 is 1.14 bits per heavy atom. The quantitative estimate of drug-likeness (QED) is 0.615. The van der Waals surface area contributed by atoms with Gasteiger partial charge in [0.25, 0.3) is 5.91 Å². The number of methoxy groups -OCH3 is 2. The van der Waals surface area contributed by atoms with E-state index in [2.05, 4.69) is 10.6 Å². The first-order valence-corrected chi connectivity index (χ1v) is 9.22. The maximum Gasteiger partial charge on any atom is 0.325 e. The van der Waals surface area contributed by atoms with Gasteiger partial charge in [-0.2, -0.15) is 0 Å². The Morgan fingerprint density at radius 3 is 2.55 bits per heavy atom. The van der Waals surface area contributed by atoms with Gasteiger partial charge < -0.3 is 24.7 Å². The number of carbonyl (C=O) groups is 3. The molecule has 1 aliphatic heterocycles. The van der Waals surface area contributed by atoms with Gasteiger partial charge in [-0.3, -0.25) is 14.5 Å². The van der Waals surface area contributed by atoms with Crippen LogP contribution in [0.4, 0.5) is 4.79 Å². The van der Waals surface area contributed by atoms with E-state index in [1.807, 2.05) is 29.1 Å². The highest BCUT2D eigenvalue weighted by molar-refractivity contribution is 6.05. The molecule has 1 aliphatic rings. The summed E-state index contributed by atoms with van der Waals surface area (Å²) >= 11 is 0. The molecule has 2 aromatic rings. The van der Waals surface area contributed by atoms with Gasteiger partial charge >= 0.3 is 6.03 Å². The van der Waals surface area contributed by atoms with E-state index in [9.17, 15) is 14.4 Å². The average Bonchev–Trinajstić information content (AvgIpc) is 3.32. The molecule has 0 bridgehead atoms. The lowest BCUT2D eigenvalue weighted by atomic mass is 10.1. The van der Waals surface area contributed by atoms with Gasteiger partial charge in [0.1, 0.15) is 6.04 Å². The van der Waals surface area contributed by atoms with E-state index in [1.165, 1.54) is 14.2 Å². The number of imide groups is 1. The number of urea groups is 1. The number of hydrogen-bond acceptors (Lipinski definition) is 5. The Labute approximate surface area is 168 Å². The van der Waals surface area contributed by atoms with Gasteiger partial charge in [0, 0.05) is 25.5 Å². The molecule has 29 heavy (non-hydrogen) atoms. The number of nitrogens with zero attached hydrogens (tertiary/aromatic N) is 2. The number of rotatable bonds is 9. The fraction of sp³-hybridized carbons (Fsp3) is 0.350. The lowest BCUT2D eigenvalue weighted by Crippen LogP contribution is -2.37. The number of nitrogens with one attached hydrogen (secondary N) is 2. The van der Waals surface area contributed by atoms with E-state index in [4.69, 9.17) is 9.47 Å². The lowest BCUT2D eigenvalue weighted by molar-refractivity contribution is -0.131. The van der Waals surface area contributed by atoms with Gasteiger partial charge in [-0.25, -0.2) is 4.79 Å². The second-order valence-electron chi connectivity index (χ2n) is 6.59. The number of carbonyl (C=O) groups excluding carboxylic acids is 3. The molecule has 0 radical (unpaired) electrons. The van der Waals surface area contributed by atoms with Gasteiger partial charge in [-0.15, -0.1) is 0 Å². The Bertz CT molecular complexity index is 881. The van der Waals surface area contributed by atoms with Crippen molar-refractivity contribution in [2.75, 3.05) is 20.8 Å². The van der Waals surface area contributed by atoms with E-state index in [1.54, 1.807) is 18.2 Å². The maximum atomic E-state index is 12.6. The van der Waals surface area contributed by atoms with Crippen molar-refractivity contribution in [3.8, 4) is 11.5 Å². The van der Waals surface area contributed by atoms with Crippen LogP contribution < -0.4 is 20.1 Å². The molecule has 0 spiro atoms. The molecule has 2 heterocycles. The van der Waals surface area contributed by atoms with Crippen LogP contribution in [0.5, 0.6) is 11.5 Å². The molecule has 1 saturated heterocycles. The maximum absolute atomic E-state index is 12.6. The Hall–Kier alpha value is -3.49. The van der Waals surface area contributed by atoms with Crippen LogP contribution in [0, 0.1) is 0 Å². The van der Waals surface area contributed by atoms with E-state index >= 15 is 0 Å². The van der Waals surface area contributed by atoms with Crippen LogP contribution in [-0.2, 0) is 22.7 Å². The monoisotopic (exact) mass is 400 g/mol. The second kappa shape index (κ2) is 9.13. The third-order valence-corrected chi connectivity index (χ3v) is 4.64. The van der Waals surface area contributed by atoms with Crippen LogP contribution in [0.25, 0.3) is 0 Å². The molecule has 1 fully saturated rings. The first-order valence-electron chi connectivity index (χ1n) is 9.22. The normalized spacial score (nSPS) is 15.9. The van der Waals surface area contributed by atoms with Gasteiger partial charge in [0.15, 0.2) is 11.5 Å². The number of ether oxygens (including phenoxy) is 2. The predicted octanol–water partition coefficient (Wildman–Crippen LogP) is 1.13. The summed E-state index contributed by atoms with van der Waals surface area (Å²) in [6.07, 6.45) is 3.70. The molecule has 0 unspecified atom stereocenters. The van der Waals surface area contributed by atoms with E-state index in [-0.39, 0.29) is 18.9 Å². The Kier molecular flexibility index (Phi) is 6.38. The van der Waals surface area contributed by atoms with Crippen LogP contribution >= 0.6 is 0 Å². The molecule has 9 nitrogen and oxygen atoms in total. The molecule has 1 aromatic heterocycles. The molecule has 2 N–H and O–H groups in total. The topological polar surface area (TPSA) is 102 Å². The molecule has 3 rings (SSSR count). The van der Waals surface area contributed by atoms with Gasteiger partial charge in [0.05, 0.1) is 27.2 Å². The number of aromatic nitrogens is 1. The fourth-order valence-corrected chi connectivity index (χ4v) is 3.13. The molecular weight excluding hydrogens is 376 g/mol. The zero-order valence-electron chi connectivity index (χ0n) is 16.4. The summed E-state index contributed by atoms with van der Waals surface area (Å²) < 4.78 is 12.4. The van der Waals surface area contributed by atoms with Crippen molar-refractivity contribution in [1.82, 2.24) is 20.1 Å². The van der Waals surface area contributed by atoms with Crippen LogP contribution in [-0.4, -0.2) is 54.1 Å². The van der Waals surface area contributed by atoms with Crippen molar-refractivity contribution < 1.29 is 23.9 Å². The van der Waals surface area contributed by atoms with Crippen molar-refractivity contribution in [3.63, 3.8) is 0 Å². The summed E-state index contributed by atoms with van der Waals surface area (Å²) in [5, 5.41) is 5.34. The van der Waals surface area contributed by atoms with E-state index in [0.717, 1.165) is 4.90 Å². The standard InChI is InChI=1S/C20H24N4O5/c1-28-16-6-5-14(11-17(16)29-2)13-24-19(26)15(22-20(24)27)12-18(25)21-7-10-23-8-3-4-9-23/h3-6,8-9,11,15H,7,10,12-13H2,1-2H3,(H,21,25)(H,22,27)/t15-/m1/s1. The summed E-state index contributed by atoms with van der Waals surface area (Å²) in [5.41, 5.74) is 0.711. The lowest BCUT2D eigenvalue weighted by Gasteiger charge is -2.15. The van der Waals surface area contributed by atoms with Crippen molar-refractivity contribution in [2.24, 2.45) is 0 Å². The molecule has 1 aromatic carbocycles. The molecule has 9 heteroatoms. The molecule has 0 saturated carbocycles. The largest absolute Gasteiger partial charge is 0.493 e. The number of hydrogen-bond donors (Lipinski definition) is 2. The van der Waals surface area contributed by atoms with Crippen LogP contribution in [0.15, 0.2) is 42.7 Å². The third kappa shape index (κ3) is 4.87. The van der Waals surface area contributed by atoms with Crippen LogP contribution in [0.3, 0.4) is 0 Å². The van der Waals surface area contributed by atoms with Crippen molar-refractivity contribution in [2.45, 2.75) is 25.6 Å². The summed E-state index contributed by atoms with van der Waals surface area (Å²) in [6, 6.07) is 7.60. The van der Waals surface area contributed by atoms with Crippen molar-refractivity contribution in [3.05, 3.63) is 48.3 Å². The third-order valence-electron chi connectivity index (χ3n) is 4.64. The highest BCUT2D eigenvalue weighted by Gasteiger charge is 2.39. The smallest absolute Gasteiger partial charge is 0.325 e. The summed E-state index contributed by atoms with van der Waals surface area (Å²) in [7, 11) is 3.05. The molecular formula is C20H24N4O5. The predicted molar refractivity (Wildman–Crippen MR) is 104 cm³/mol. The highest BCUT2D eigenvalue weighted by Crippen LogP contribution is 2.28. The fourth-order valence-electron chi connectivity index (χ4n) is 3.13. The Balaban J connectivity index is 1.54.